The van der Waals surface area contributed by atoms with Crippen LogP contribution in [-0.2, 0) is 4.79 Å². The van der Waals surface area contributed by atoms with E-state index in [1.807, 2.05) is 13.8 Å². The number of hydrogen-bond donors (Lipinski definition) is 1. The highest BCUT2D eigenvalue weighted by Gasteiger charge is 2.43. The van der Waals surface area contributed by atoms with Gasteiger partial charge in [0, 0.05) is 6.42 Å². The summed E-state index contributed by atoms with van der Waals surface area (Å²) >= 11 is 0. The first-order chi connectivity index (χ1) is 9.37. The number of carbonyl (C=O) groups is 1. The third kappa shape index (κ3) is 7.25. The zero-order valence-corrected chi connectivity index (χ0v) is 14.1. The maximum Gasteiger partial charge on any atom is 0.217 e. The SMILES string of the molecule is CC.CC(C)CC1(CC(N)=O)CC1.CCC1(CF)CC1. The molecule has 2 aliphatic carbocycles. The fourth-order valence-electron chi connectivity index (χ4n) is 2.62. The fourth-order valence-corrected chi connectivity index (χ4v) is 2.62. The second-order valence-electron chi connectivity index (χ2n) is 6.73. The Morgan fingerprint density at radius 1 is 1.15 bits per heavy atom. The third-order valence-corrected chi connectivity index (χ3v) is 4.34. The molecule has 2 fully saturated rings. The molecule has 120 valence electrons. The molecule has 0 spiro atoms. The number of rotatable bonds is 6. The van der Waals surface area contributed by atoms with Gasteiger partial charge in [0.2, 0.25) is 5.91 Å². The molecule has 3 heteroatoms. The summed E-state index contributed by atoms with van der Waals surface area (Å²) < 4.78 is 11.8. The quantitative estimate of drug-likeness (QED) is 0.744. The van der Waals surface area contributed by atoms with Gasteiger partial charge in [0.1, 0.15) is 0 Å². The summed E-state index contributed by atoms with van der Waals surface area (Å²) in [6.45, 7) is 10.4. The summed E-state index contributed by atoms with van der Waals surface area (Å²) in [7, 11) is 0. The van der Waals surface area contributed by atoms with Gasteiger partial charge in [-0.05, 0) is 55.3 Å². The molecule has 2 aliphatic rings. The summed E-state index contributed by atoms with van der Waals surface area (Å²) in [6.07, 6.45) is 7.45. The van der Waals surface area contributed by atoms with Crippen LogP contribution in [0, 0.1) is 16.7 Å². The Bertz CT molecular complexity index is 275. The number of primary amides is 1. The second-order valence-corrected chi connectivity index (χ2v) is 6.73. The van der Waals surface area contributed by atoms with E-state index in [9.17, 15) is 9.18 Å². The van der Waals surface area contributed by atoms with E-state index in [1.165, 1.54) is 12.8 Å². The van der Waals surface area contributed by atoms with E-state index in [2.05, 4.69) is 20.8 Å². The van der Waals surface area contributed by atoms with E-state index in [1.54, 1.807) is 0 Å². The molecule has 0 bridgehead atoms. The molecule has 2 saturated carbocycles. The van der Waals surface area contributed by atoms with Gasteiger partial charge in [-0.25, -0.2) is 0 Å². The molecular formula is C17H34FNO. The van der Waals surface area contributed by atoms with Crippen molar-refractivity contribution in [2.24, 2.45) is 22.5 Å². The highest BCUT2D eigenvalue weighted by molar-refractivity contribution is 5.75. The Morgan fingerprint density at radius 2 is 1.60 bits per heavy atom. The Morgan fingerprint density at radius 3 is 1.75 bits per heavy atom. The molecule has 0 saturated heterocycles. The highest BCUT2D eigenvalue weighted by Crippen LogP contribution is 2.53. The predicted octanol–water partition coefficient (Wildman–Crippen LogP) is 4.86. The van der Waals surface area contributed by atoms with Crippen molar-refractivity contribution in [2.45, 2.75) is 79.6 Å². The molecule has 0 unspecified atom stereocenters. The lowest BCUT2D eigenvalue weighted by Crippen LogP contribution is -2.18. The standard InChI is InChI=1S/C9H17NO.C6H11F.C2H6/c1-7(2)5-9(3-4-9)6-8(10)11;1-2-6(5-7)3-4-6;1-2/h7H,3-6H2,1-2H3,(H2,10,11);2-5H2,1H3;1-2H3. The molecule has 0 atom stereocenters. The number of carbonyl (C=O) groups excluding carboxylic acids is 1. The Balaban J connectivity index is 0.000000345. The van der Waals surface area contributed by atoms with Crippen molar-refractivity contribution in [2.75, 3.05) is 6.67 Å². The molecular weight excluding hydrogens is 253 g/mol. The topological polar surface area (TPSA) is 43.1 Å². The van der Waals surface area contributed by atoms with Crippen molar-refractivity contribution in [3.8, 4) is 0 Å². The van der Waals surface area contributed by atoms with E-state index >= 15 is 0 Å². The highest BCUT2D eigenvalue weighted by atomic mass is 19.1. The minimum Gasteiger partial charge on any atom is -0.370 e. The number of alkyl halides is 1. The molecule has 0 aliphatic heterocycles. The fraction of sp³-hybridized carbons (Fsp3) is 0.941. The van der Waals surface area contributed by atoms with E-state index in [4.69, 9.17) is 5.73 Å². The van der Waals surface area contributed by atoms with E-state index in [0.29, 0.717) is 17.8 Å². The first kappa shape index (κ1) is 19.4. The van der Waals surface area contributed by atoms with Gasteiger partial charge in [-0.2, -0.15) is 0 Å². The van der Waals surface area contributed by atoms with Crippen LogP contribution < -0.4 is 5.73 Å². The van der Waals surface area contributed by atoms with Crippen molar-refractivity contribution in [3.05, 3.63) is 0 Å². The number of hydrogen-bond acceptors (Lipinski definition) is 1. The van der Waals surface area contributed by atoms with Crippen LogP contribution in [-0.4, -0.2) is 12.6 Å². The van der Waals surface area contributed by atoms with Crippen LogP contribution in [0.4, 0.5) is 4.39 Å². The Labute approximate surface area is 124 Å². The average molecular weight is 287 g/mol. The van der Waals surface area contributed by atoms with Gasteiger partial charge in [-0.1, -0.05) is 34.6 Å². The zero-order valence-electron chi connectivity index (χ0n) is 14.1. The van der Waals surface area contributed by atoms with Crippen molar-refractivity contribution in [1.82, 2.24) is 0 Å². The molecule has 2 N–H and O–H groups in total. The summed E-state index contributed by atoms with van der Waals surface area (Å²) in [6, 6.07) is 0. The molecule has 2 nitrogen and oxygen atoms in total. The molecule has 0 radical (unpaired) electrons. The molecule has 1 amide bonds. The van der Waals surface area contributed by atoms with E-state index in [-0.39, 0.29) is 18.0 Å². The van der Waals surface area contributed by atoms with Gasteiger partial charge >= 0.3 is 0 Å². The average Bonchev–Trinajstić information content (AvgIpc) is 3.29. The van der Waals surface area contributed by atoms with Crippen LogP contribution in [0.15, 0.2) is 0 Å². The minimum absolute atomic E-state index is 0.0938. The van der Waals surface area contributed by atoms with Gasteiger partial charge in [-0.15, -0.1) is 0 Å². The van der Waals surface area contributed by atoms with Gasteiger partial charge in [-0.3, -0.25) is 9.18 Å². The molecule has 0 heterocycles. The maximum absolute atomic E-state index is 11.8. The molecule has 0 aromatic carbocycles. The lowest BCUT2D eigenvalue weighted by Gasteiger charge is -2.14. The number of nitrogens with two attached hydrogens (primary N) is 1. The van der Waals surface area contributed by atoms with Crippen molar-refractivity contribution < 1.29 is 9.18 Å². The number of halogens is 1. The largest absolute Gasteiger partial charge is 0.370 e. The minimum atomic E-state index is -0.136. The predicted molar refractivity (Wildman–Crippen MR) is 84.2 cm³/mol. The van der Waals surface area contributed by atoms with E-state index < -0.39 is 0 Å². The van der Waals surface area contributed by atoms with Crippen LogP contribution >= 0.6 is 0 Å². The smallest absolute Gasteiger partial charge is 0.217 e. The molecule has 20 heavy (non-hydrogen) atoms. The Hall–Kier alpha value is -0.600. The lowest BCUT2D eigenvalue weighted by molar-refractivity contribution is -0.119. The van der Waals surface area contributed by atoms with Gasteiger partial charge in [0.05, 0.1) is 6.67 Å². The number of amides is 1. The van der Waals surface area contributed by atoms with Crippen molar-refractivity contribution >= 4 is 5.91 Å². The van der Waals surface area contributed by atoms with Crippen LogP contribution in [0.5, 0.6) is 0 Å². The second kappa shape index (κ2) is 8.63. The summed E-state index contributed by atoms with van der Waals surface area (Å²) in [4.78, 5) is 10.7. The van der Waals surface area contributed by atoms with Crippen LogP contribution in [0.3, 0.4) is 0 Å². The summed E-state index contributed by atoms with van der Waals surface area (Å²) in [5.41, 5.74) is 5.64. The van der Waals surface area contributed by atoms with Gasteiger partial charge in [0.25, 0.3) is 0 Å². The van der Waals surface area contributed by atoms with Gasteiger partial charge in [0.15, 0.2) is 0 Å². The lowest BCUT2D eigenvalue weighted by atomic mass is 9.91. The van der Waals surface area contributed by atoms with Crippen LogP contribution in [0.2, 0.25) is 0 Å². The van der Waals surface area contributed by atoms with Crippen molar-refractivity contribution in [1.29, 1.82) is 0 Å². The summed E-state index contributed by atoms with van der Waals surface area (Å²) in [5, 5.41) is 0. The molecule has 2 rings (SSSR count). The molecule has 0 aromatic rings. The normalized spacial score (nSPS) is 20.1. The van der Waals surface area contributed by atoms with E-state index in [0.717, 1.165) is 25.7 Å². The first-order valence-electron chi connectivity index (χ1n) is 8.21. The third-order valence-electron chi connectivity index (χ3n) is 4.34. The van der Waals surface area contributed by atoms with Crippen LogP contribution in [0.25, 0.3) is 0 Å². The first-order valence-corrected chi connectivity index (χ1v) is 8.21. The maximum atomic E-state index is 11.8. The monoisotopic (exact) mass is 287 g/mol. The Kier molecular flexibility index (Phi) is 8.38. The van der Waals surface area contributed by atoms with Crippen LogP contribution in [0.1, 0.15) is 79.6 Å². The van der Waals surface area contributed by atoms with Gasteiger partial charge < -0.3 is 5.73 Å². The summed E-state index contributed by atoms with van der Waals surface area (Å²) in [5.74, 6) is 0.556. The molecule has 0 aromatic heterocycles. The van der Waals surface area contributed by atoms with Crippen molar-refractivity contribution in [3.63, 3.8) is 0 Å². The zero-order chi connectivity index (χ0) is 15.8.